The average Bonchev–Trinajstić information content (AvgIpc) is 3.55. The number of fused-ring (bicyclic) bond motifs is 3. The van der Waals surface area contributed by atoms with E-state index in [1.165, 1.54) is 43.1 Å². The highest BCUT2D eigenvalue weighted by Gasteiger charge is 2.12. The molecule has 0 aliphatic rings. The van der Waals surface area contributed by atoms with Crippen molar-refractivity contribution < 1.29 is 4.42 Å². The standard InChI is InChI=1S/C32H20OS/c1-4-10-26-23(7-1)19-24-8-2-5-11-27(24)32(26)22-15-13-21(14-16-22)30-17-18-31(34-30)29-20-25-9-3-6-12-28(25)33-29/h1-20H. The van der Waals surface area contributed by atoms with Crippen LogP contribution in [-0.2, 0) is 0 Å². The minimum atomic E-state index is 0.927. The van der Waals surface area contributed by atoms with Crippen LogP contribution in [0.2, 0.25) is 0 Å². The van der Waals surface area contributed by atoms with Gasteiger partial charge in [-0.15, -0.1) is 11.3 Å². The molecule has 0 bridgehead atoms. The lowest BCUT2D eigenvalue weighted by Crippen LogP contribution is -1.85. The summed E-state index contributed by atoms with van der Waals surface area (Å²) in [6.07, 6.45) is 0. The van der Waals surface area contributed by atoms with Crippen molar-refractivity contribution in [3.8, 4) is 32.2 Å². The Morgan fingerprint density at radius 3 is 1.76 bits per heavy atom. The Hall–Kier alpha value is -4.14. The number of hydrogen-bond acceptors (Lipinski definition) is 2. The Kier molecular flexibility index (Phi) is 4.39. The molecule has 1 nitrogen and oxygen atoms in total. The summed E-state index contributed by atoms with van der Waals surface area (Å²) in [7, 11) is 0. The molecule has 0 aliphatic heterocycles. The van der Waals surface area contributed by atoms with Crippen molar-refractivity contribution in [3.63, 3.8) is 0 Å². The molecule has 2 aromatic heterocycles. The van der Waals surface area contributed by atoms with E-state index in [0.717, 1.165) is 21.6 Å². The van der Waals surface area contributed by atoms with Crippen molar-refractivity contribution in [2.75, 3.05) is 0 Å². The van der Waals surface area contributed by atoms with Crippen LogP contribution in [0.5, 0.6) is 0 Å². The first kappa shape index (κ1) is 19.3. The maximum absolute atomic E-state index is 6.07. The number of rotatable bonds is 3. The fraction of sp³-hybridized carbons (Fsp3) is 0. The Bertz CT molecular complexity index is 1710. The largest absolute Gasteiger partial charge is 0.455 e. The zero-order valence-electron chi connectivity index (χ0n) is 18.4. The predicted molar refractivity (Wildman–Crippen MR) is 145 cm³/mol. The summed E-state index contributed by atoms with van der Waals surface area (Å²) in [5.74, 6) is 0.927. The minimum Gasteiger partial charge on any atom is -0.455 e. The first-order valence-corrected chi connectivity index (χ1v) is 12.3. The molecular weight excluding hydrogens is 432 g/mol. The van der Waals surface area contributed by atoms with Gasteiger partial charge in [0.15, 0.2) is 0 Å². The van der Waals surface area contributed by atoms with Gasteiger partial charge in [0.25, 0.3) is 0 Å². The Labute approximate surface area is 201 Å². The van der Waals surface area contributed by atoms with Crippen LogP contribution >= 0.6 is 11.3 Å². The number of furan rings is 1. The SMILES string of the molecule is c1ccc2oc(-c3ccc(-c4ccc(-c5c6ccccc6cc6ccccc56)cc4)s3)cc2c1. The molecule has 0 spiro atoms. The van der Waals surface area contributed by atoms with Gasteiger partial charge < -0.3 is 4.42 Å². The molecular formula is C32H20OS. The minimum absolute atomic E-state index is 0.927. The summed E-state index contributed by atoms with van der Waals surface area (Å²) in [6, 6.07) is 43.2. The highest BCUT2D eigenvalue weighted by Crippen LogP contribution is 2.40. The normalized spacial score (nSPS) is 11.5. The van der Waals surface area contributed by atoms with Gasteiger partial charge in [0.1, 0.15) is 11.3 Å². The topological polar surface area (TPSA) is 13.1 Å². The highest BCUT2D eigenvalue weighted by molar-refractivity contribution is 7.18. The van der Waals surface area contributed by atoms with Crippen molar-refractivity contribution in [1.82, 2.24) is 0 Å². The van der Waals surface area contributed by atoms with Crippen molar-refractivity contribution in [3.05, 3.63) is 121 Å². The van der Waals surface area contributed by atoms with Gasteiger partial charge in [-0.2, -0.15) is 0 Å². The van der Waals surface area contributed by atoms with Gasteiger partial charge >= 0.3 is 0 Å². The molecule has 0 unspecified atom stereocenters. The third-order valence-corrected chi connectivity index (χ3v) is 7.65. The molecule has 0 aliphatic carbocycles. The Balaban J connectivity index is 1.30. The monoisotopic (exact) mass is 452 g/mol. The van der Waals surface area contributed by atoms with Crippen molar-refractivity contribution >= 4 is 43.9 Å². The number of thiophene rings is 1. The van der Waals surface area contributed by atoms with Gasteiger partial charge in [-0.1, -0.05) is 91.0 Å². The third-order valence-electron chi connectivity index (χ3n) is 6.50. The summed E-state index contributed by atoms with van der Waals surface area (Å²) in [5, 5.41) is 6.26. The van der Waals surface area contributed by atoms with E-state index in [9.17, 15) is 0 Å². The zero-order valence-corrected chi connectivity index (χ0v) is 19.2. The lowest BCUT2D eigenvalue weighted by molar-refractivity contribution is 0.633. The summed E-state index contributed by atoms with van der Waals surface area (Å²) in [4.78, 5) is 2.39. The van der Waals surface area contributed by atoms with Crippen LogP contribution in [0.25, 0.3) is 64.7 Å². The second kappa shape index (κ2) is 7.72. The molecule has 0 fully saturated rings. The van der Waals surface area contributed by atoms with Gasteiger partial charge in [-0.25, -0.2) is 0 Å². The highest BCUT2D eigenvalue weighted by atomic mass is 32.1. The van der Waals surface area contributed by atoms with E-state index in [1.54, 1.807) is 11.3 Å². The molecule has 0 N–H and O–H groups in total. The lowest BCUT2D eigenvalue weighted by Gasteiger charge is -2.12. The molecule has 0 saturated heterocycles. The van der Waals surface area contributed by atoms with E-state index in [2.05, 4.69) is 103 Å². The predicted octanol–water partition coefficient (Wildman–Crippen LogP) is 9.80. The average molecular weight is 453 g/mol. The molecule has 7 rings (SSSR count). The van der Waals surface area contributed by atoms with Gasteiger partial charge in [0, 0.05) is 10.3 Å². The first-order chi connectivity index (χ1) is 16.8. The summed E-state index contributed by atoms with van der Waals surface area (Å²) < 4.78 is 6.07. The van der Waals surface area contributed by atoms with Crippen LogP contribution in [0, 0.1) is 0 Å². The van der Waals surface area contributed by atoms with E-state index in [-0.39, 0.29) is 0 Å². The first-order valence-electron chi connectivity index (χ1n) is 11.4. The molecule has 0 radical (unpaired) electrons. The number of benzene rings is 5. The molecule has 7 aromatic rings. The molecule has 2 heteroatoms. The van der Waals surface area contributed by atoms with Crippen LogP contribution in [0.1, 0.15) is 0 Å². The molecule has 0 atom stereocenters. The van der Waals surface area contributed by atoms with Crippen molar-refractivity contribution in [1.29, 1.82) is 0 Å². The lowest BCUT2D eigenvalue weighted by atomic mass is 9.91. The van der Waals surface area contributed by atoms with Crippen LogP contribution in [0.3, 0.4) is 0 Å². The Morgan fingerprint density at radius 2 is 1.06 bits per heavy atom. The van der Waals surface area contributed by atoms with Crippen LogP contribution in [0.4, 0.5) is 0 Å². The number of hydrogen-bond donors (Lipinski definition) is 0. The molecule has 2 heterocycles. The van der Waals surface area contributed by atoms with Crippen molar-refractivity contribution in [2.24, 2.45) is 0 Å². The van der Waals surface area contributed by atoms with Gasteiger partial charge in [0.2, 0.25) is 0 Å². The van der Waals surface area contributed by atoms with E-state index in [4.69, 9.17) is 4.42 Å². The van der Waals surface area contributed by atoms with E-state index in [1.807, 2.05) is 18.2 Å². The molecule has 5 aromatic carbocycles. The maximum Gasteiger partial charge on any atom is 0.145 e. The molecule has 34 heavy (non-hydrogen) atoms. The van der Waals surface area contributed by atoms with Crippen LogP contribution in [0.15, 0.2) is 126 Å². The molecule has 0 saturated carbocycles. The zero-order chi connectivity index (χ0) is 22.5. The molecule has 160 valence electrons. The second-order valence-corrected chi connectivity index (χ2v) is 9.67. The summed E-state index contributed by atoms with van der Waals surface area (Å²) in [6.45, 7) is 0. The maximum atomic E-state index is 6.07. The third kappa shape index (κ3) is 3.15. The van der Waals surface area contributed by atoms with Crippen LogP contribution in [-0.4, -0.2) is 0 Å². The number of para-hydroxylation sites is 1. The van der Waals surface area contributed by atoms with E-state index >= 15 is 0 Å². The van der Waals surface area contributed by atoms with Gasteiger partial charge in [-0.3, -0.25) is 0 Å². The fourth-order valence-electron chi connectivity index (χ4n) is 4.85. The quantitative estimate of drug-likeness (QED) is 0.243. The summed E-state index contributed by atoms with van der Waals surface area (Å²) in [5.41, 5.74) is 4.69. The van der Waals surface area contributed by atoms with Crippen molar-refractivity contribution in [2.45, 2.75) is 0 Å². The smallest absolute Gasteiger partial charge is 0.145 e. The second-order valence-electron chi connectivity index (χ2n) is 8.58. The summed E-state index contributed by atoms with van der Waals surface area (Å²) >= 11 is 1.77. The van der Waals surface area contributed by atoms with Gasteiger partial charge in [-0.05, 0) is 68.6 Å². The van der Waals surface area contributed by atoms with Gasteiger partial charge in [0.05, 0.1) is 4.88 Å². The molecule has 0 amide bonds. The Morgan fingerprint density at radius 1 is 0.471 bits per heavy atom. The fourth-order valence-corrected chi connectivity index (χ4v) is 5.82. The van der Waals surface area contributed by atoms with Crippen LogP contribution < -0.4 is 0 Å². The van der Waals surface area contributed by atoms with E-state index < -0.39 is 0 Å². The van der Waals surface area contributed by atoms with E-state index in [0.29, 0.717) is 0 Å².